The van der Waals surface area contributed by atoms with Crippen molar-refractivity contribution in [3.8, 4) is 5.75 Å². The third kappa shape index (κ3) is 2.14. The second-order valence-corrected chi connectivity index (χ2v) is 4.20. The van der Waals surface area contributed by atoms with Gasteiger partial charge in [0.15, 0.2) is 0 Å². The molecule has 0 spiro atoms. The third-order valence-corrected chi connectivity index (χ3v) is 2.07. The fourth-order valence-electron chi connectivity index (χ4n) is 1.31. The second kappa shape index (κ2) is 3.29. The van der Waals surface area contributed by atoms with Gasteiger partial charge in [0.05, 0.1) is 7.11 Å². The van der Waals surface area contributed by atoms with Crippen molar-refractivity contribution < 1.29 is 4.74 Å². The van der Waals surface area contributed by atoms with Gasteiger partial charge in [-0.15, -0.1) is 0 Å². The molecule has 1 aromatic rings. The van der Waals surface area contributed by atoms with Crippen molar-refractivity contribution in [3.05, 3.63) is 23.8 Å². The van der Waals surface area contributed by atoms with Gasteiger partial charge < -0.3 is 10.5 Å². The lowest BCUT2D eigenvalue weighted by Gasteiger charge is -2.21. The minimum atomic E-state index is 0.0681. The Labute approximate surface area is 79.7 Å². The predicted molar refractivity (Wildman–Crippen MR) is 56.1 cm³/mol. The van der Waals surface area contributed by atoms with Gasteiger partial charge in [0.1, 0.15) is 5.75 Å². The van der Waals surface area contributed by atoms with Crippen LogP contribution >= 0.6 is 0 Å². The minimum Gasteiger partial charge on any atom is -0.497 e. The van der Waals surface area contributed by atoms with Gasteiger partial charge in [-0.2, -0.15) is 0 Å². The van der Waals surface area contributed by atoms with Crippen molar-refractivity contribution in [3.63, 3.8) is 0 Å². The molecule has 0 fully saturated rings. The molecule has 0 aromatic heterocycles. The highest BCUT2D eigenvalue weighted by Gasteiger charge is 2.17. The molecule has 2 nitrogen and oxygen atoms in total. The molecule has 0 radical (unpaired) electrons. The summed E-state index contributed by atoms with van der Waals surface area (Å²) in [7, 11) is 1.66. The van der Waals surface area contributed by atoms with Crippen LogP contribution in [-0.2, 0) is 5.41 Å². The van der Waals surface area contributed by atoms with E-state index in [1.165, 1.54) is 0 Å². The van der Waals surface area contributed by atoms with Crippen LogP contribution < -0.4 is 10.5 Å². The molecule has 2 N–H and O–H groups in total. The monoisotopic (exact) mass is 179 g/mol. The van der Waals surface area contributed by atoms with E-state index in [0.29, 0.717) is 0 Å². The van der Waals surface area contributed by atoms with Crippen LogP contribution in [0.25, 0.3) is 0 Å². The smallest absolute Gasteiger partial charge is 0.119 e. The fraction of sp³-hybridized carbons (Fsp3) is 0.455. The van der Waals surface area contributed by atoms with Crippen molar-refractivity contribution in [2.75, 3.05) is 12.8 Å². The summed E-state index contributed by atoms with van der Waals surface area (Å²) in [5, 5.41) is 0. The summed E-state index contributed by atoms with van der Waals surface area (Å²) in [6, 6.07) is 5.76. The molecular weight excluding hydrogens is 162 g/mol. The fourth-order valence-corrected chi connectivity index (χ4v) is 1.31. The average Bonchev–Trinajstić information content (AvgIpc) is 2.03. The van der Waals surface area contributed by atoms with Gasteiger partial charge in [0, 0.05) is 5.69 Å². The van der Waals surface area contributed by atoms with Crippen molar-refractivity contribution in [1.82, 2.24) is 0 Å². The van der Waals surface area contributed by atoms with E-state index in [9.17, 15) is 0 Å². The molecule has 0 heterocycles. The molecule has 0 aliphatic rings. The van der Waals surface area contributed by atoms with Crippen LogP contribution in [0.4, 0.5) is 5.69 Å². The van der Waals surface area contributed by atoms with E-state index < -0.39 is 0 Å². The van der Waals surface area contributed by atoms with Gasteiger partial charge >= 0.3 is 0 Å². The van der Waals surface area contributed by atoms with E-state index in [1.54, 1.807) is 7.11 Å². The van der Waals surface area contributed by atoms with Crippen LogP contribution in [0.3, 0.4) is 0 Å². The summed E-state index contributed by atoms with van der Waals surface area (Å²) in [4.78, 5) is 0. The van der Waals surface area contributed by atoms with E-state index in [0.717, 1.165) is 17.0 Å². The zero-order valence-electron chi connectivity index (χ0n) is 8.72. The zero-order chi connectivity index (χ0) is 10.1. The van der Waals surface area contributed by atoms with Crippen LogP contribution in [0, 0.1) is 0 Å². The lowest BCUT2D eigenvalue weighted by molar-refractivity contribution is 0.413. The highest BCUT2D eigenvalue weighted by molar-refractivity contribution is 5.53. The maximum Gasteiger partial charge on any atom is 0.119 e. The maximum absolute atomic E-state index is 5.87. The summed E-state index contributed by atoms with van der Waals surface area (Å²) in [6.07, 6.45) is 0. The van der Waals surface area contributed by atoms with Crippen molar-refractivity contribution in [1.29, 1.82) is 0 Å². The number of ether oxygens (including phenoxy) is 1. The Morgan fingerprint density at radius 3 is 2.31 bits per heavy atom. The Morgan fingerprint density at radius 1 is 1.23 bits per heavy atom. The molecule has 0 atom stereocenters. The highest BCUT2D eigenvalue weighted by atomic mass is 16.5. The Hall–Kier alpha value is -1.18. The van der Waals surface area contributed by atoms with Crippen molar-refractivity contribution >= 4 is 5.69 Å². The molecular formula is C11H17NO. The van der Waals surface area contributed by atoms with Gasteiger partial charge in [-0.1, -0.05) is 20.8 Å². The number of nitrogen functional groups attached to an aromatic ring is 1. The molecule has 13 heavy (non-hydrogen) atoms. The Balaban J connectivity index is 3.19. The molecule has 2 heteroatoms. The minimum absolute atomic E-state index is 0.0681. The lowest BCUT2D eigenvalue weighted by atomic mass is 9.86. The van der Waals surface area contributed by atoms with Gasteiger partial charge in [-0.3, -0.25) is 0 Å². The zero-order valence-corrected chi connectivity index (χ0v) is 8.72. The topological polar surface area (TPSA) is 35.2 Å². The summed E-state index contributed by atoms with van der Waals surface area (Å²) in [5.74, 6) is 0.860. The average molecular weight is 179 g/mol. The highest BCUT2D eigenvalue weighted by Crippen LogP contribution is 2.30. The Kier molecular flexibility index (Phi) is 2.50. The number of hydrogen-bond donors (Lipinski definition) is 1. The van der Waals surface area contributed by atoms with E-state index in [2.05, 4.69) is 20.8 Å². The number of methoxy groups -OCH3 is 1. The van der Waals surface area contributed by atoms with Crippen LogP contribution in [0.2, 0.25) is 0 Å². The standard InChI is InChI=1S/C11H17NO/c1-11(2,3)9-7-8(13-4)5-6-10(9)12/h5-7H,12H2,1-4H3. The SMILES string of the molecule is COc1ccc(N)c(C(C)(C)C)c1. The van der Waals surface area contributed by atoms with E-state index in [-0.39, 0.29) is 5.41 Å². The number of nitrogens with two attached hydrogens (primary N) is 1. The van der Waals surface area contributed by atoms with Gasteiger partial charge in [0.2, 0.25) is 0 Å². The first kappa shape index (κ1) is 9.90. The quantitative estimate of drug-likeness (QED) is 0.672. The van der Waals surface area contributed by atoms with Gasteiger partial charge in [0.25, 0.3) is 0 Å². The van der Waals surface area contributed by atoms with Crippen LogP contribution in [0.15, 0.2) is 18.2 Å². The summed E-state index contributed by atoms with van der Waals surface area (Å²) < 4.78 is 5.15. The Morgan fingerprint density at radius 2 is 1.85 bits per heavy atom. The summed E-state index contributed by atoms with van der Waals surface area (Å²) >= 11 is 0. The number of benzene rings is 1. The summed E-state index contributed by atoms with van der Waals surface area (Å²) in [5.41, 5.74) is 7.90. The largest absolute Gasteiger partial charge is 0.497 e. The molecule has 1 aromatic carbocycles. The molecule has 0 saturated carbocycles. The number of hydrogen-bond acceptors (Lipinski definition) is 2. The Bertz CT molecular complexity index is 299. The van der Waals surface area contributed by atoms with E-state index >= 15 is 0 Å². The van der Waals surface area contributed by atoms with Crippen LogP contribution in [0.1, 0.15) is 26.3 Å². The second-order valence-electron chi connectivity index (χ2n) is 4.20. The van der Waals surface area contributed by atoms with Crippen LogP contribution in [-0.4, -0.2) is 7.11 Å². The molecule has 0 aliphatic heterocycles. The molecule has 0 amide bonds. The first-order chi connectivity index (χ1) is 5.95. The van der Waals surface area contributed by atoms with Gasteiger partial charge in [-0.25, -0.2) is 0 Å². The van der Waals surface area contributed by atoms with Gasteiger partial charge in [-0.05, 0) is 29.2 Å². The van der Waals surface area contributed by atoms with E-state index in [4.69, 9.17) is 10.5 Å². The number of anilines is 1. The first-order valence-electron chi connectivity index (χ1n) is 4.39. The van der Waals surface area contributed by atoms with E-state index in [1.807, 2.05) is 18.2 Å². The van der Waals surface area contributed by atoms with Crippen molar-refractivity contribution in [2.24, 2.45) is 0 Å². The molecule has 0 saturated heterocycles. The van der Waals surface area contributed by atoms with Crippen molar-refractivity contribution in [2.45, 2.75) is 26.2 Å². The number of rotatable bonds is 1. The molecule has 1 rings (SSSR count). The third-order valence-electron chi connectivity index (χ3n) is 2.07. The lowest BCUT2D eigenvalue weighted by Crippen LogP contribution is -2.13. The predicted octanol–water partition coefficient (Wildman–Crippen LogP) is 2.57. The molecule has 0 unspecified atom stereocenters. The molecule has 0 aliphatic carbocycles. The normalized spacial score (nSPS) is 11.4. The van der Waals surface area contributed by atoms with Crippen LogP contribution in [0.5, 0.6) is 5.75 Å². The molecule has 0 bridgehead atoms. The first-order valence-corrected chi connectivity index (χ1v) is 4.39. The summed E-state index contributed by atoms with van der Waals surface area (Å²) in [6.45, 7) is 6.41. The molecule has 72 valence electrons. The maximum atomic E-state index is 5.87.